The molecule has 0 saturated heterocycles. The first-order valence-electron chi connectivity index (χ1n) is 5.10. The van der Waals surface area contributed by atoms with Gasteiger partial charge >= 0.3 is 0 Å². The molecule has 0 atom stereocenters. The monoisotopic (exact) mass is 168 g/mol. The minimum absolute atomic E-state index is 0.351. The standard InChI is InChI=1S/C12H24/c1-7-8-9-11(10(2)3)12(4,5)6/h9-10H,7-8H2,1-6H3/b11-9-. The van der Waals surface area contributed by atoms with Crippen molar-refractivity contribution in [3.63, 3.8) is 0 Å². The van der Waals surface area contributed by atoms with Gasteiger partial charge in [0.25, 0.3) is 0 Å². The Hall–Kier alpha value is -0.260. The molecule has 0 aromatic carbocycles. The molecule has 72 valence electrons. The van der Waals surface area contributed by atoms with Gasteiger partial charge < -0.3 is 0 Å². The van der Waals surface area contributed by atoms with Gasteiger partial charge in [0.05, 0.1) is 0 Å². The lowest BCUT2D eigenvalue weighted by Crippen LogP contribution is -2.14. The van der Waals surface area contributed by atoms with Crippen molar-refractivity contribution in [2.24, 2.45) is 11.3 Å². The minimum Gasteiger partial charge on any atom is -0.0846 e. The molecule has 0 unspecified atom stereocenters. The van der Waals surface area contributed by atoms with Gasteiger partial charge in [-0.3, -0.25) is 0 Å². The maximum atomic E-state index is 2.42. The van der Waals surface area contributed by atoms with Gasteiger partial charge in [0, 0.05) is 0 Å². The fourth-order valence-corrected chi connectivity index (χ4v) is 1.71. The third-order valence-electron chi connectivity index (χ3n) is 2.14. The van der Waals surface area contributed by atoms with E-state index in [2.05, 4.69) is 47.6 Å². The third-order valence-corrected chi connectivity index (χ3v) is 2.14. The van der Waals surface area contributed by atoms with Gasteiger partial charge in [-0.15, -0.1) is 0 Å². The van der Waals surface area contributed by atoms with E-state index in [0.29, 0.717) is 11.3 Å². The molecule has 0 N–H and O–H groups in total. The van der Waals surface area contributed by atoms with E-state index in [1.165, 1.54) is 12.8 Å². The average molecular weight is 168 g/mol. The molecule has 0 nitrogen and oxygen atoms in total. The number of unbranched alkanes of at least 4 members (excludes halogenated alkanes) is 1. The molecule has 0 fully saturated rings. The first-order chi connectivity index (χ1) is 5.39. The molecule has 0 aromatic heterocycles. The lowest BCUT2D eigenvalue weighted by atomic mass is 9.79. The molecule has 0 heteroatoms. The zero-order valence-electron chi connectivity index (χ0n) is 9.57. The molecular formula is C12H24. The van der Waals surface area contributed by atoms with Crippen molar-refractivity contribution in [2.45, 2.75) is 54.4 Å². The van der Waals surface area contributed by atoms with E-state index in [4.69, 9.17) is 0 Å². The zero-order valence-corrected chi connectivity index (χ0v) is 9.57. The Bertz CT molecular complexity index is 144. The molecule has 0 amide bonds. The molecule has 12 heavy (non-hydrogen) atoms. The van der Waals surface area contributed by atoms with E-state index in [9.17, 15) is 0 Å². The molecular weight excluding hydrogens is 144 g/mol. The fraction of sp³-hybridized carbons (Fsp3) is 0.833. The highest BCUT2D eigenvalue weighted by Gasteiger charge is 2.18. The van der Waals surface area contributed by atoms with E-state index in [0.717, 1.165) is 0 Å². The van der Waals surface area contributed by atoms with Crippen LogP contribution in [-0.2, 0) is 0 Å². The second kappa shape index (κ2) is 4.69. The Morgan fingerprint density at radius 3 is 2.00 bits per heavy atom. The van der Waals surface area contributed by atoms with Gasteiger partial charge in [-0.25, -0.2) is 0 Å². The maximum Gasteiger partial charge on any atom is -0.0170 e. The molecule has 0 rings (SSSR count). The number of allylic oxidation sites excluding steroid dienone is 2. The molecule has 0 saturated carbocycles. The fourth-order valence-electron chi connectivity index (χ4n) is 1.71. The van der Waals surface area contributed by atoms with Crippen LogP contribution in [0.25, 0.3) is 0 Å². The van der Waals surface area contributed by atoms with E-state index >= 15 is 0 Å². The van der Waals surface area contributed by atoms with Crippen molar-refractivity contribution in [3.05, 3.63) is 11.6 Å². The van der Waals surface area contributed by atoms with E-state index in [1.54, 1.807) is 5.57 Å². The van der Waals surface area contributed by atoms with E-state index in [-0.39, 0.29) is 0 Å². The summed E-state index contributed by atoms with van der Waals surface area (Å²) in [6, 6.07) is 0. The highest BCUT2D eigenvalue weighted by Crippen LogP contribution is 2.31. The lowest BCUT2D eigenvalue weighted by molar-refractivity contribution is 0.445. The summed E-state index contributed by atoms with van der Waals surface area (Å²) in [5.41, 5.74) is 1.95. The highest BCUT2D eigenvalue weighted by molar-refractivity contribution is 5.12. The Kier molecular flexibility index (Phi) is 4.59. The van der Waals surface area contributed by atoms with Crippen molar-refractivity contribution < 1.29 is 0 Å². The van der Waals surface area contributed by atoms with Gasteiger partial charge in [0.15, 0.2) is 0 Å². The summed E-state index contributed by atoms with van der Waals surface area (Å²) < 4.78 is 0. The molecule has 0 bridgehead atoms. The smallest absolute Gasteiger partial charge is 0.0170 e. The Balaban J connectivity index is 4.44. The number of hydrogen-bond acceptors (Lipinski definition) is 0. The van der Waals surface area contributed by atoms with Crippen LogP contribution < -0.4 is 0 Å². The van der Waals surface area contributed by atoms with Crippen LogP contribution in [0, 0.1) is 11.3 Å². The molecule has 0 spiro atoms. The molecule has 0 aliphatic heterocycles. The van der Waals surface area contributed by atoms with Crippen LogP contribution in [0.1, 0.15) is 54.4 Å². The third kappa shape index (κ3) is 3.94. The molecule has 0 aliphatic rings. The quantitative estimate of drug-likeness (QED) is 0.547. The van der Waals surface area contributed by atoms with Crippen LogP contribution >= 0.6 is 0 Å². The van der Waals surface area contributed by atoms with Crippen molar-refractivity contribution in [1.29, 1.82) is 0 Å². The predicted octanol–water partition coefficient (Wildman–Crippen LogP) is 4.42. The van der Waals surface area contributed by atoms with Crippen LogP contribution in [0.5, 0.6) is 0 Å². The number of rotatable bonds is 3. The summed E-state index contributed by atoms with van der Waals surface area (Å²) in [5, 5.41) is 0. The van der Waals surface area contributed by atoms with Crippen LogP contribution in [0.3, 0.4) is 0 Å². The van der Waals surface area contributed by atoms with Gasteiger partial charge in [0.1, 0.15) is 0 Å². The molecule has 0 aliphatic carbocycles. The van der Waals surface area contributed by atoms with Gasteiger partial charge in [-0.1, -0.05) is 59.6 Å². The van der Waals surface area contributed by atoms with Crippen LogP contribution in [-0.4, -0.2) is 0 Å². The normalized spacial score (nSPS) is 14.1. The summed E-state index contributed by atoms with van der Waals surface area (Å²) in [6.07, 6.45) is 4.90. The summed E-state index contributed by atoms with van der Waals surface area (Å²) in [4.78, 5) is 0. The zero-order chi connectivity index (χ0) is 9.78. The minimum atomic E-state index is 0.351. The van der Waals surface area contributed by atoms with E-state index < -0.39 is 0 Å². The van der Waals surface area contributed by atoms with Crippen molar-refractivity contribution >= 4 is 0 Å². The van der Waals surface area contributed by atoms with Gasteiger partial charge in [-0.05, 0) is 17.8 Å². The Morgan fingerprint density at radius 2 is 1.75 bits per heavy atom. The second-order valence-electron chi connectivity index (χ2n) is 4.85. The SMILES string of the molecule is CCC/C=C(/C(C)C)C(C)(C)C. The first kappa shape index (κ1) is 11.7. The largest absolute Gasteiger partial charge is 0.0846 e. The Labute approximate surface area is 78.1 Å². The topological polar surface area (TPSA) is 0 Å². The van der Waals surface area contributed by atoms with Crippen LogP contribution in [0.2, 0.25) is 0 Å². The van der Waals surface area contributed by atoms with Crippen LogP contribution in [0.15, 0.2) is 11.6 Å². The lowest BCUT2D eigenvalue weighted by Gasteiger charge is -2.26. The van der Waals surface area contributed by atoms with Crippen molar-refractivity contribution in [1.82, 2.24) is 0 Å². The predicted molar refractivity (Wildman–Crippen MR) is 57.3 cm³/mol. The molecule has 0 radical (unpaired) electrons. The van der Waals surface area contributed by atoms with E-state index in [1.807, 2.05) is 0 Å². The molecule has 0 heterocycles. The van der Waals surface area contributed by atoms with Gasteiger partial charge in [0.2, 0.25) is 0 Å². The number of hydrogen-bond donors (Lipinski definition) is 0. The maximum absolute atomic E-state index is 2.42. The molecule has 0 aromatic rings. The summed E-state index contributed by atoms with van der Waals surface area (Å²) >= 11 is 0. The Morgan fingerprint density at radius 1 is 1.25 bits per heavy atom. The van der Waals surface area contributed by atoms with Crippen molar-refractivity contribution in [2.75, 3.05) is 0 Å². The van der Waals surface area contributed by atoms with Crippen LogP contribution in [0.4, 0.5) is 0 Å². The summed E-state index contributed by atoms with van der Waals surface area (Å²) in [6.45, 7) is 13.7. The summed E-state index contributed by atoms with van der Waals surface area (Å²) in [7, 11) is 0. The van der Waals surface area contributed by atoms with Crippen molar-refractivity contribution in [3.8, 4) is 0 Å². The van der Waals surface area contributed by atoms with Gasteiger partial charge in [-0.2, -0.15) is 0 Å². The highest BCUT2D eigenvalue weighted by atomic mass is 14.2. The first-order valence-corrected chi connectivity index (χ1v) is 5.10. The average Bonchev–Trinajstić information content (AvgIpc) is 1.84. The summed E-state index contributed by atoms with van der Waals surface area (Å²) in [5.74, 6) is 0.691. The second-order valence-corrected chi connectivity index (χ2v) is 4.85.